The van der Waals surface area contributed by atoms with E-state index in [0.29, 0.717) is 6.61 Å². The molecular formula is C16H35ClO. The summed E-state index contributed by atoms with van der Waals surface area (Å²) in [7, 11) is 0. The fourth-order valence-electron chi connectivity index (χ4n) is 2.31. The Kier molecular flexibility index (Phi) is 22.4. The van der Waals surface area contributed by atoms with Gasteiger partial charge in [0.2, 0.25) is 0 Å². The summed E-state index contributed by atoms with van der Waals surface area (Å²) in [5.74, 6) is 0. The number of rotatable bonds is 14. The molecular weight excluding hydrogens is 244 g/mol. The van der Waals surface area contributed by atoms with Crippen LogP contribution in [-0.2, 0) is 0 Å². The van der Waals surface area contributed by atoms with Crippen LogP contribution in [0.3, 0.4) is 0 Å². The smallest absolute Gasteiger partial charge is 0.0431 e. The lowest BCUT2D eigenvalue weighted by Crippen LogP contribution is -1.84. The number of aliphatic hydroxyl groups excluding tert-OH is 1. The molecule has 112 valence electrons. The van der Waals surface area contributed by atoms with Crippen molar-refractivity contribution in [2.75, 3.05) is 6.61 Å². The monoisotopic (exact) mass is 278 g/mol. The molecule has 0 aromatic carbocycles. The maximum atomic E-state index is 8.64. The summed E-state index contributed by atoms with van der Waals surface area (Å²) in [6, 6.07) is 0. The molecule has 0 aliphatic carbocycles. The minimum Gasteiger partial charge on any atom is -0.396 e. The van der Waals surface area contributed by atoms with Gasteiger partial charge in [0.05, 0.1) is 0 Å². The maximum absolute atomic E-state index is 8.64. The molecule has 0 radical (unpaired) electrons. The first-order valence-electron chi connectivity index (χ1n) is 8.02. The molecule has 0 saturated heterocycles. The van der Waals surface area contributed by atoms with Crippen LogP contribution in [0.5, 0.6) is 0 Å². The molecule has 0 unspecified atom stereocenters. The van der Waals surface area contributed by atoms with Gasteiger partial charge in [-0.25, -0.2) is 0 Å². The van der Waals surface area contributed by atoms with E-state index in [1.54, 1.807) is 0 Å². The Bertz CT molecular complexity index is 114. The minimum atomic E-state index is 0. The Morgan fingerprint density at radius 1 is 0.500 bits per heavy atom. The molecule has 0 bridgehead atoms. The van der Waals surface area contributed by atoms with E-state index in [0.717, 1.165) is 6.42 Å². The molecule has 0 aliphatic rings. The van der Waals surface area contributed by atoms with Gasteiger partial charge in [-0.1, -0.05) is 90.4 Å². The van der Waals surface area contributed by atoms with Crippen molar-refractivity contribution in [2.24, 2.45) is 0 Å². The van der Waals surface area contributed by atoms with Crippen LogP contribution in [0.1, 0.15) is 96.8 Å². The Morgan fingerprint density at radius 3 is 1.06 bits per heavy atom. The van der Waals surface area contributed by atoms with Gasteiger partial charge in [0.15, 0.2) is 0 Å². The summed E-state index contributed by atoms with van der Waals surface area (Å²) in [5.41, 5.74) is 0. The van der Waals surface area contributed by atoms with E-state index in [1.165, 1.54) is 83.5 Å². The van der Waals surface area contributed by atoms with E-state index in [-0.39, 0.29) is 12.4 Å². The van der Waals surface area contributed by atoms with E-state index >= 15 is 0 Å². The van der Waals surface area contributed by atoms with Crippen molar-refractivity contribution in [1.82, 2.24) is 0 Å². The summed E-state index contributed by atoms with van der Waals surface area (Å²) in [5, 5.41) is 8.64. The zero-order valence-corrected chi connectivity index (χ0v) is 13.3. The van der Waals surface area contributed by atoms with Crippen molar-refractivity contribution in [3.8, 4) is 0 Å². The molecule has 0 amide bonds. The second kappa shape index (κ2) is 19.6. The number of hydrogen-bond acceptors (Lipinski definition) is 1. The molecule has 0 aromatic rings. The van der Waals surface area contributed by atoms with E-state index in [4.69, 9.17) is 5.11 Å². The van der Waals surface area contributed by atoms with Crippen molar-refractivity contribution in [3.05, 3.63) is 0 Å². The molecule has 0 atom stereocenters. The number of halogens is 1. The summed E-state index contributed by atoms with van der Waals surface area (Å²) in [6.45, 7) is 2.65. The molecule has 0 aliphatic heterocycles. The van der Waals surface area contributed by atoms with Crippen LogP contribution >= 0.6 is 12.4 Å². The minimum absolute atomic E-state index is 0. The molecule has 2 heteroatoms. The van der Waals surface area contributed by atoms with Crippen LogP contribution in [0.4, 0.5) is 0 Å². The average Bonchev–Trinajstić information content (AvgIpc) is 2.35. The van der Waals surface area contributed by atoms with Gasteiger partial charge in [-0.05, 0) is 6.42 Å². The van der Waals surface area contributed by atoms with E-state index in [2.05, 4.69) is 6.92 Å². The quantitative estimate of drug-likeness (QED) is 0.393. The van der Waals surface area contributed by atoms with Gasteiger partial charge in [0.25, 0.3) is 0 Å². The van der Waals surface area contributed by atoms with Gasteiger partial charge in [0.1, 0.15) is 0 Å². The zero-order chi connectivity index (χ0) is 12.6. The highest BCUT2D eigenvalue weighted by Crippen LogP contribution is 2.12. The summed E-state index contributed by atoms with van der Waals surface area (Å²) < 4.78 is 0. The molecule has 1 N–H and O–H groups in total. The van der Waals surface area contributed by atoms with E-state index in [1.807, 2.05) is 0 Å². The SMILES string of the molecule is CCCCCCCCCCCCCCCCO.Cl. The Labute approximate surface area is 121 Å². The van der Waals surface area contributed by atoms with Crippen molar-refractivity contribution in [3.63, 3.8) is 0 Å². The highest BCUT2D eigenvalue weighted by molar-refractivity contribution is 5.85. The second-order valence-electron chi connectivity index (χ2n) is 5.32. The molecule has 0 heterocycles. The lowest BCUT2D eigenvalue weighted by molar-refractivity contribution is 0.282. The van der Waals surface area contributed by atoms with Crippen LogP contribution in [0, 0.1) is 0 Å². The lowest BCUT2D eigenvalue weighted by atomic mass is 10.0. The van der Waals surface area contributed by atoms with Crippen LogP contribution in [0.25, 0.3) is 0 Å². The molecule has 18 heavy (non-hydrogen) atoms. The number of hydrogen-bond donors (Lipinski definition) is 1. The first-order valence-corrected chi connectivity index (χ1v) is 8.02. The molecule has 0 saturated carbocycles. The second-order valence-corrected chi connectivity index (χ2v) is 5.32. The van der Waals surface area contributed by atoms with Crippen molar-refractivity contribution < 1.29 is 5.11 Å². The summed E-state index contributed by atoms with van der Waals surface area (Å²) >= 11 is 0. The first-order chi connectivity index (χ1) is 8.41. The third kappa shape index (κ3) is 18.6. The predicted octanol–water partition coefficient (Wildman–Crippen LogP) is 5.88. The van der Waals surface area contributed by atoms with Gasteiger partial charge in [0, 0.05) is 6.61 Å². The molecule has 0 aromatic heterocycles. The molecule has 0 fully saturated rings. The van der Waals surface area contributed by atoms with Crippen molar-refractivity contribution >= 4 is 12.4 Å². The Hall–Kier alpha value is 0.250. The third-order valence-corrected chi connectivity index (χ3v) is 3.51. The third-order valence-electron chi connectivity index (χ3n) is 3.51. The van der Waals surface area contributed by atoms with Crippen molar-refractivity contribution in [2.45, 2.75) is 96.8 Å². The van der Waals surface area contributed by atoms with Gasteiger partial charge >= 0.3 is 0 Å². The van der Waals surface area contributed by atoms with Crippen LogP contribution < -0.4 is 0 Å². The Balaban J connectivity index is 0. The van der Waals surface area contributed by atoms with E-state index < -0.39 is 0 Å². The zero-order valence-electron chi connectivity index (χ0n) is 12.5. The van der Waals surface area contributed by atoms with Gasteiger partial charge in [-0.3, -0.25) is 0 Å². The van der Waals surface area contributed by atoms with Crippen LogP contribution in [0.2, 0.25) is 0 Å². The first kappa shape index (κ1) is 20.6. The highest BCUT2D eigenvalue weighted by atomic mass is 35.5. The normalized spacial score (nSPS) is 10.3. The van der Waals surface area contributed by atoms with Gasteiger partial charge < -0.3 is 5.11 Å². The fraction of sp³-hybridized carbons (Fsp3) is 1.00. The van der Waals surface area contributed by atoms with Crippen LogP contribution in [-0.4, -0.2) is 11.7 Å². The van der Waals surface area contributed by atoms with E-state index in [9.17, 15) is 0 Å². The lowest BCUT2D eigenvalue weighted by Gasteiger charge is -2.02. The molecule has 0 spiro atoms. The van der Waals surface area contributed by atoms with Gasteiger partial charge in [-0.2, -0.15) is 0 Å². The standard InChI is InChI=1S/C16H34O.ClH/c1-2-3-4-5-6-7-8-9-10-11-12-13-14-15-16-17;/h17H,2-16H2,1H3;1H. The number of unbranched alkanes of at least 4 members (excludes halogenated alkanes) is 13. The topological polar surface area (TPSA) is 20.2 Å². The van der Waals surface area contributed by atoms with Gasteiger partial charge in [-0.15, -0.1) is 12.4 Å². The highest BCUT2D eigenvalue weighted by Gasteiger charge is 1.93. The summed E-state index contributed by atoms with van der Waals surface area (Å²) in [6.07, 6.45) is 19.2. The molecule has 0 rings (SSSR count). The fourth-order valence-corrected chi connectivity index (χ4v) is 2.31. The Morgan fingerprint density at radius 2 is 0.778 bits per heavy atom. The average molecular weight is 279 g/mol. The summed E-state index contributed by atoms with van der Waals surface area (Å²) in [4.78, 5) is 0. The maximum Gasteiger partial charge on any atom is 0.0431 e. The largest absolute Gasteiger partial charge is 0.396 e. The number of aliphatic hydroxyl groups is 1. The predicted molar refractivity (Wildman–Crippen MR) is 84.6 cm³/mol. The van der Waals surface area contributed by atoms with Crippen molar-refractivity contribution in [1.29, 1.82) is 0 Å². The molecule has 1 nitrogen and oxygen atoms in total. The van der Waals surface area contributed by atoms with Crippen LogP contribution in [0.15, 0.2) is 0 Å².